The molecule has 0 aliphatic rings. The van der Waals surface area contributed by atoms with E-state index in [2.05, 4.69) is 10.4 Å². The van der Waals surface area contributed by atoms with Gasteiger partial charge in [0, 0.05) is 12.7 Å². The molecule has 0 unspecified atom stereocenters. The van der Waals surface area contributed by atoms with Gasteiger partial charge in [-0.15, -0.1) is 0 Å². The number of rotatable bonds is 3. The van der Waals surface area contributed by atoms with Crippen LogP contribution in [0.4, 0.5) is 0 Å². The summed E-state index contributed by atoms with van der Waals surface area (Å²) in [7, 11) is 0. The molecule has 0 rings (SSSR count). The maximum absolute atomic E-state index is 7.33. The molecule has 0 spiro atoms. The molecule has 0 heterocycles. The highest BCUT2D eigenvalue weighted by molar-refractivity contribution is 14.1. The van der Waals surface area contributed by atoms with Gasteiger partial charge < -0.3 is 11.2 Å². The van der Waals surface area contributed by atoms with Crippen LogP contribution in [0.25, 0.3) is 0 Å². The quantitative estimate of drug-likeness (QED) is 0.194. The minimum atomic E-state index is 0.306. The molecule has 68 valence electrons. The summed E-state index contributed by atoms with van der Waals surface area (Å²) in [5.74, 6) is 5.64. The predicted molar refractivity (Wildman–Crippen MR) is 59.3 cm³/mol. The zero-order valence-corrected chi connectivity index (χ0v) is 8.92. The van der Waals surface area contributed by atoms with Gasteiger partial charge in [-0.05, 0) is 29.5 Å². The van der Waals surface area contributed by atoms with Crippen LogP contribution in [-0.2, 0) is 0 Å². The van der Waals surface area contributed by atoms with Gasteiger partial charge >= 0.3 is 0 Å². The average Bonchev–Trinajstić information content (AvgIpc) is 2.03. The summed E-state index contributed by atoms with van der Waals surface area (Å²) >= 11 is 1.84. The number of aliphatic imine (C=N–C) groups is 1. The Kier molecular flexibility index (Phi) is 5.64. The first-order valence-corrected chi connectivity index (χ1v) is 4.43. The minimum absolute atomic E-state index is 0.306. The second kappa shape index (κ2) is 5.95. The number of hydrogen-bond donors (Lipinski definition) is 4. The number of hydrazine groups is 1. The fourth-order valence-electron chi connectivity index (χ4n) is 0.623. The first kappa shape index (κ1) is 11.4. The number of nitrogens with two attached hydrogens (primary N) is 2. The van der Waals surface area contributed by atoms with E-state index in [-0.39, 0.29) is 0 Å². The lowest BCUT2D eigenvalue weighted by molar-refractivity contribution is 0.993. The highest BCUT2D eigenvalue weighted by atomic mass is 127. The van der Waals surface area contributed by atoms with Crippen molar-refractivity contribution in [2.24, 2.45) is 16.6 Å². The molecule has 0 amide bonds. The highest BCUT2D eigenvalue weighted by Crippen LogP contribution is 2.03. The third kappa shape index (κ3) is 3.18. The molecule has 0 saturated carbocycles. The Morgan fingerprint density at radius 2 is 2.33 bits per heavy atom. The van der Waals surface area contributed by atoms with Gasteiger partial charge in [0.05, 0.1) is 5.57 Å². The van der Waals surface area contributed by atoms with Crippen LogP contribution in [0.5, 0.6) is 0 Å². The summed E-state index contributed by atoms with van der Waals surface area (Å²) in [6, 6.07) is 0. The topological polar surface area (TPSA) is 100 Å². The molecule has 12 heavy (non-hydrogen) atoms. The number of hydrogen-bond acceptors (Lipinski definition) is 4. The maximum atomic E-state index is 7.33. The Balaban J connectivity index is 4.70. The van der Waals surface area contributed by atoms with Crippen LogP contribution in [0, 0.1) is 5.41 Å². The van der Waals surface area contributed by atoms with Gasteiger partial charge in [0.1, 0.15) is 9.55 Å². The summed E-state index contributed by atoms with van der Waals surface area (Å²) in [6.45, 7) is 2.48. The Morgan fingerprint density at radius 3 is 2.58 bits per heavy atom. The van der Waals surface area contributed by atoms with E-state index in [9.17, 15) is 0 Å². The monoisotopic (exact) mass is 281 g/mol. The second-order valence-electron chi connectivity index (χ2n) is 1.86. The van der Waals surface area contributed by atoms with Gasteiger partial charge in [-0.25, -0.2) is 5.84 Å². The lowest BCUT2D eigenvalue weighted by Gasteiger charge is -2.06. The van der Waals surface area contributed by atoms with Crippen molar-refractivity contribution < 1.29 is 0 Å². The molecular formula is C6H12IN5. The summed E-state index contributed by atoms with van der Waals surface area (Å²) in [4.78, 5) is 4.02. The van der Waals surface area contributed by atoms with Crippen LogP contribution >= 0.6 is 22.6 Å². The standard InChI is InChI=1S/C6H12IN5/c1-2-11-6(12-10)4(3-8)5(7)9/h3,9H,2,8,10H2,1H3,(H,11,12). The fourth-order valence-corrected chi connectivity index (χ4v) is 1.06. The van der Waals surface area contributed by atoms with E-state index >= 15 is 0 Å². The lowest BCUT2D eigenvalue weighted by atomic mass is 10.3. The zero-order chi connectivity index (χ0) is 9.56. The van der Waals surface area contributed by atoms with Gasteiger partial charge in [0.15, 0.2) is 0 Å². The fraction of sp³-hybridized carbons (Fsp3) is 0.333. The highest BCUT2D eigenvalue weighted by Gasteiger charge is 2.07. The van der Waals surface area contributed by atoms with E-state index < -0.39 is 0 Å². The van der Waals surface area contributed by atoms with E-state index in [0.717, 1.165) is 0 Å². The molecule has 0 aromatic rings. The van der Waals surface area contributed by atoms with Gasteiger partial charge in [0.2, 0.25) is 0 Å². The summed E-state index contributed by atoms with van der Waals surface area (Å²) in [6.07, 6.45) is 1.31. The van der Waals surface area contributed by atoms with Crippen molar-refractivity contribution in [1.82, 2.24) is 5.43 Å². The van der Waals surface area contributed by atoms with Crippen molar-refractivity contribution in [1.29, 1.82) is 5.41 Å². The SMILES string of the molecule is CCN=C(NN)C(=CN)C(=N)I. The van der Waals surface area contributed by atoms with Gasteiger partial charge in [-0.3, -0.25) is 10.4 Å². The average molecular weight is 281 g/mol. The van der Waals surface area contributed by atoms with Crippen LogP contribution in [0.2, 0.25) is 0 Å². The van der Waals surface area contributed by atoms with Gasteiger partial charge in [0.25, 0.3) is 0 Å². The minimum Gasteiger partial charge on any atom is -0.404 e. The lowest BCUT2D eigenvalue weighted by Crippen LogP contribution is -2.33. The molecular weight excluding hydrogens is 269 g/mol. The van der Waals surface area contributed by atoms with Crippen molar-refractivity contribution in [3.63, 3.8) is 0 Å². The predicted octanol–water partition coefficient (Wildman–Crippen LogP) is 0.123. The molecule has 0 aliphatic carbocycles. The summed E-state index contributed by atoms with van der Waals surface area (Å²) in [5.41, 5.74) is 8.20. The van der Waals surface area contributed by atoms with Crippen LogP contribution < -0.4 is 17.0 Å². The van der Waals surface area contributed by atoms with Crippen molar-refractivity contribution in [3.05, 3.63) is 11.8 Å². The number of halogens is 1. The third-order valence-electron chi connectivity index (χ3n) is 1.11. The number of nitrogens with one attached hydrogen (secondary N) is 2. The Morgan fingerprint density at radius 1 is 1.75 bits per heavy atom. The molecule has 0 aromatic carbocycles. The molecule has 0 atom stereocenters. The molecule has 0 aliphatic heterocycles. The molecule has 0 bridgehead atoms. The van der Waals surface area contributed by atoms with Crippen molar-refractivity contribution in [2.75, 3.05) is 6.54 Å². The maximum Gasteiger partial charge on any atom is 0.146 e. The van der Waals surface area contributed by atoms with Crippen molar-refractivity contribution >= 4 is 32.1 Å². The third-order valence-corrected chi connectivity index (χ3v) is 1.69. The van der Waals surface area contributed by atoms with E-state index in [1.54, 1.807) is 0 Å². The Bertz CT molecular complexity index is 220. The molecule has 6 heteroatoms. The van der Waals surface area contributed by atoms with E-state index in [1.807, 2.05) is 29.5 Å². The zero-order valence-electron chi connectivity index (χ0n) is 6.76. The Hall–Kier alpha value is -0.630. The van der Waals surface area contributed by atoms with Crippen LogP contribution in [0.3, 0.4) is 0 Å². The summed E-state index contributed by atoms with van der Waals surface area (Å²) < 4.78 is 0.306. The van der Waals surface area contributed by atoms with Gasteiger partial charge in [-0.2, -0.15) is 0 Å². The van der Waals surface area contributed by atoms with Gasteiger partial charge in [-0.1, -0.05) is 0 Å². The first-order valence-electron chi connectivity index (χ1n) is 3.35. The molecule has 6 N–H and O–H groups in total. The molecule has 5 nitrogen and oxygen atoms in total. The molecule has 0 fully saturated rings. The van der Waals surface area contributed by atoms with Crippen LogP contribution in [0.1, 0.15) is 6.92 Å². The number of amidine groups is 1. The number of nitrogens with zero attached hydrogens (tertiary/aromatic N) is 1. The largest absolute Gasteiger partial charge is 0.404 e. The van der Waals surface area contributed by atoms with Crippen molar-refractivity contribution in [2.45, 2.75) is 6.92 Å². The normalized spacial score (nSPS) is 12.9. The first-order chi connectivity index (χ1) is 5.67. The molecule has 0 aromatic heterocycles. The van der Waals surface area contributed by atoms with Crippen LogP contribution in [-0.4, -0.2) is 16.1 Å². The molecule has 0 saturated heterocycles. The van der Waals surface area contributed by atoms with E-state index in [1.165, 1.54) is 6.20 Å². The second-order valence-corrected chi connectivity index (χ2v) is 2.94. The molecule has 0 radical (unpaired) electrons. The van der Waals surface area contributed by atoms with E-state index in [4.69, 9.17) is 17.0 Å². The Labute approximate surface area is 84.9 Å². The van der Waals surface area contributed by atoms with E-state index in [0.29, 0.717) is 21.7 Å². The smallest absolute Gasteiger partial charge is 0.146 e. The van der Waals surface area contributed by atoms with Crippen molar-refractivity contribution in [3.8, 4) is 0 Å². The van der Waals surface area contributed by atoms with Crippen LogP contribution in [0.15, 0.2) is 16.8 Å². The summed E-state index contributed by atoms with van der Waals surface area (Å²) in [5, 5.41) is 7.33.